The van der Waals surface area contributed by atoms with Gasteiger partial charge in [-0.15, -0.1) is 11.8 Å². The average molecular weight is 509 g/mol. The minimum Gasteiger partial charge on any atom is -0.354 e. The lowest BCUT2D eigenvalue weighted by Gasteiger charge is -2.32. The minimum absolute atomic E-state index is 0.0542. The molecular weight excluding hydrogens is 476 g/mol. The van der Waals surface area contributed by atoms with Gasteiger partial charge in [-0.2, -0.15) is 0 Å². The molecule has 0 saturated carbocycles. The summed E-state index contributed by atoms with van der Waals surface area (Å²) < 4.78 is 0. The van der Waals surface area contributed by atoms with E-state index in [9.17, 15) is 9.59 Å². The highest BCUT2D eigenvalue weighted by molar-refractivity contribution is 7.99. The number of carbonyl (C=O) groups excluding carboxylic acids is 2. The highest BCUT2D eigenvalue weighted by Crippen LogP contribution is 2.19. The van der Waals surface area contributed by atoms with Gasteiger partial charge in [-0.05, 0) is 34.7 Å². The molecule has 0 heterocycles. The van der Waals surface area contributed by atoms with Crippen molar-refractivity contribution in [3.8, 4) is 0 Å². The molecular formula is C29H33ClN2O2S. The van der Waals surface area contributed by atoms with Crippen LogP contribution >= 0.6 is 23.4 Å². The van der Waals surface area contributed by atoms with E-state index in [1.807, 2.05) is 72.8 Å². The van der Waals surface area contributed by atoms with E-state index in [0.29, 0.717) is 36.2 Å². The van der Waals surface area contributed by atoms with Crippen molar-refractivity contribution < 1.29 is 9.59 Å². The summed E-state index contributed by atoms with van der Waals surface area (Å²) in [5, 5.41) is 3.69. The number of hydrogen-bond donors (Lipinski definition) is 1. The molecule has 4 nitrogen and oxygen atoms in total. The van der Waals surface area contributed by atoms with Gasteiger partial charge in [0.25, 0.3) is 0 Å². The van der Waals surface area contributed by atoms with Crippen molar-refractivity contribution in [2.24, 2.45) is 5.92 Å². The van der Waals surface area contributed by atoms with Crippen LogP contribution in [0.3, 0.4) is 0 Å². The van der Waals surface area contributed by atoms with Crippen molar-refractivity contribution in [1.29, 1.82) is 0 Å². The Balaban J connectivity index is 1.83. The van der Waals surface area contributed by atoms with Crippen molar-refractivity contribution in [1.82, 2.24) is 10.2 Å². The number of carbonyl (C=O) groups is 2. The Kier molecular flexibility index (Phi) is 10.7. The fraction of sp³-hybridized carbons (Fsp3) is 0.310. The fourth-order valence-electron chi connectivity index (χ4n) is 3.68. The second kappa shape index (κ2) is 14.0. The van der Waals surface area contributed by atoms with Crippen LogP contribution in [0, 0.1) is 5.92 Å². The number of halogens is 1. The van der Waals surface area contributed by atoms with Gasteiger partial charge >= 0.3 is 0 Å². The molecule has 3 aromatic rings. The molecule has 0 aromatic heterocycles. The molecule has 0 aliphatic carbocycles. The standard InChI is InChI=1S/C29H33ClN2O2S/c1-22(2)18-31-29(34)27(17-23-9-5-3-6-10-23)32(19-24-13-15-26(30)16-14-24)28(33)21-35-20-25-11-7-4-8-12-25/h3-16,22,27H,17-21H2,1-2H3,(H,31,34)/t27-/m1/s1. The molecule has 0 aliphatic heterocycles. The van der Waals surface area contributed by atoms with Crippen molar-refractivity contribution in [3.63, 3.8) is 0 Å². The third-order valence-corrected chi connectivity index (χ3v) is 6.80. The number of hydrogen-bond acceptors (Lipinski definition) is 3. The highest BCUT2D eigenvalue weighted by Gasteiger charge is 2.30. The zero-order valence-corrected chi connectivity index (χ0v) is 21.9. The van der Waals surface area contributed by atoms with Crippen LogP contribution in [-0.2, 0) is 28.3 Å². The topological polar surface area (TPSA) is 49.4 Å². The van der Waals surface area contributed by atoms with Crippen molar-refractivity contribution in [3.05, 3.63) is 107 Å². The third kappa shape index (κ3) is 9.08. The molecule has 0 aliphatic rings. The van der Waals surface area contributed by atoms with Crippen LogP contribution < -0.4 is 5.32 Å². The maximum Gasteiger partial charge on any atom is 0.243 e. The Bertz CT molecular complexity index is 1060. The van der Waals surface area contributed by atoms with Crippen molar-refractivity contribution >= 4 is 35.2 Å². The first-order valence-corrected chi connectivity index (χ1v) is 13.4. The largest absolute Gasteiger partial charge is 0.354 e. The van der Waals surface area contributed by atoms with E-state index >= 15 is 0 Å². The maximum atomic E-state index is 13.6. The molecule has 3 aromatic carbocycles. The molecule has 0 unspecified atom stereocenters. The normalized spacial score (nSPS) is 11.8. The molecule has 2 amide bonds. The van der Waals surface area contributed by atoms with Gasteiger partial charge in [-0.3, -0.25) is 9.59 Å². The van der Waals surface area contributed by atoms with E-state index in [1.165, 1.54) is 5.56 Å². The molecule has 0 bridgehead atoms. The van der Waals surface area contributed by atoms with Crippen LogP contribution in [0.25, 0.3) is 0 Å². The Hall–Kier alpha value is -2.76. The predicted molar refractivity (Wildman–Crippen MR) is 146 cm³/mol. The first kappa shape index (κ1) is 26.8. The van der Waals surface area contributed by atoms with Crippen LogP contribution in [0.1, 0.15) is 30.5 Å². The molecule has 0 saturated heterocycles. The summed E-state index contributed by atoms with van der Waals surface area (Å²) in [5.41, 5.74) is 3.12. The Morgan fingerprint density at radius 3 is 2.06 bits per heavy atom. The minimum atomic E-state index is -0.614. The Morgan fingerprint density at radius 2 is 1.46 bits per heavy atom. The molecule has 1 N–H and O–H groups in total. The zero-order valence-electron chi connectivity index (χ0n) is 20.3. The van der Waals surface area contributed by atoms with Crippen LogP contribution in [0.5, 0.6) is 0 Å². The molecule has 3 rings (SSSR count). The summed E-state index contributed by atoms with van der Waals surface area (Å²) in [5.74, 6) is 1.17. The summed E-state index contributed by atoms with van der Waals surface area (Å²) in [6.07, 6.45) is 0.452. The molecule has 0 spiro atoms. The second-order valence-corrected chi connectivity index (χ2v) is 10.4. The SMILES string of the molecule is CC(C)CNC(=O)[C@@H](Cc1ccccc1)N(Cc1ccc(Cl)cc1)C(=O)CSCc1ccccc1. The van der Waals surface area contributed by atoms with Gasteiger partial charge in [-0.25, -0.2) is 0 Å². The number of nitrogens with zero attached hydrogens (tertiary/aromatic N) is 1. The van der Waals surface area contributed by atoms with E-state index in [4.69, 9.17) is 11.6 Å². The van der Waals surface area contributed by atoms with Crippen LogP contribution in [0.2, 0.25) is 5.02 Å². The summed E-state index contributed by atoms with van der Waals surface area (Å²) in [4.78, 5) is 28.7. The van der Waals surface area contributed by atoms with Gasteiger partial charge in [0.15, 0.2) is 0 Å². The first-order chi connectivity index (χ1) is 16.9. The molecule has 6 heteroatoms. The van der Waals surface area contributed by atoms with Crippen LogP contribution in [-0.4, -0.2) is 35.1 Å². The second-order valence-electron chi connectivity index (χ2n) is 8.97. The fourth-order valence-corrected chi connectivity index (χ4v) is 4.67. The molecule has 1 atom stereocenters. The molecule has 184 valence electrons. The van der Waals surface area contributed by atoms with Gasteiger partial charge in [0.05, 0.1) is 5.75 Å². The van der Waals surface area contributed by atoms with E-state index in [1.54, 1.807) is 16.7 Å². The number of benzene rings is 3. The summed E-state index contributed by atoms with van der Waals surface area (Å²) in [6, 6.07) is 26.8. The monoisotopic (exact) mass is 508 g/mol. The van der Waals surface area contributed by atoms with Crippen molar-refractivity contribution in [2.75, 3.05) is 12.3 Å². The Morgan fingerprint density at radius 1 is 0.857 bits per heavy atom. The molecule has 35 heavy (non-hydrogen) atoms. The number of amides is 2. The van der Waals surface area contributed by atoms with Crippen LogP contribution in [0.15, 0.2) is 84.9 Å². The van der Waals surface area contributed by atoms with E-state index in [0.717, 1.165) is 16.9 Å². The lowest BCUT2D eigenvalue weighted by molar-refractivity contribution is -0.139. The highest BCUT2D eigenvalue weighted by atomic mass is 35.5. The number of thioether (sulfide) groups is 1. The molecule has 0 fully saturated rings. The summed E-state index contributed by atoms with van der Waals surface area (Å²) in [7, 11) is 0. The number of nitrogens with one attached hydrogen (secondary N) is 1. The average Bonchev–Trinajstić information content (AvgIpc) is 2.87. The van der Waals surface area contributed by atoms with E-state index < -0.39 is 6.04 Å². The Labute approximate surface area is 218 Å². The van der Waals surface area contributed by atoms with Crippen LogP contribution in [0.4, 0.5) is 0 Å². The van der Waals surface area contributed by atoms with Gasteiger partial charge < -0.3 is 10.2 Å². The van der Waals surface area contributed by atoms with Gasteiger partial charge in [0.1, 0.15) is 6.04 Å². The van der Waals surface area contributed by atoms with Crippen molar-refractivity contribution in [2.45, 2.75) is 38.6 Å². The first-order valence-electron chi connectivity index (χ1n) is 11.9. The zero-order chi connectivity index (χ0) is 25.0. The molecule has 0 radical (unpaired) electrons. The lowest BCUT2D eigenvalue weighted by Crippen LogP contribution is -2.51. The maximum absolute atomic E-state index is 13.6. The predicted octanol–water partition coefficient (Wildman–Crippen LogP) is 5.99. The summed E-state index contributed by atoms with van der Waals surface area (Å²) >= 11 is 7.65. The number of rotatable bonds is 12. The van der Waals surface area contributed by atoms with Gasteiger partial charge in [0, 0.05) is 30.3 Å². The third-order valence-electron chi connectivity index (χ3n) is 5.56. The van der Waals surface area contributed by atoms with E-state index in [-0.39, 0.29) is 11.8 Å². The lowest BCUT2D eigenvalue weighted by atomic mass is 10.0. The van der Waals surface area contributed by atoms with Gasteiger partial charge in [-0.1, -0.05) is 98.2 Å². The van der Waals surface area contributed by atoms with Gasteiger partial charge in [0.2, 0.25) is 11.8 Å². The smallest absolute Gasteiger partial charge is 0.243 e. The quantitative estimate of drug-likeness (QED) is 0.327. The van der Waals surface area contributed by atoms with E-state index in [2.05, 4.69) is 31.3 Å². The summed E-state index contributed by atoms with van der Waals surface area (Å²) in [6.45, 7) is 5.02.